The van der Waals surface area contributed by atoms with Crippen LogP contribution in [0.25, 0.3) is 11.4 Å². The fraction of sp³-hybridized carbons (Fsp3) is 0.526. The van der Waals surface area contributed by atoms with Crippen molar-refractivity contribution in [3.05, 3.63) is 36.3 Å². The molecule has 1 saturated carbocycles. The molecule has 1 saturated heterocycles. The highest BCUT2D eigenvalue weighted by molar-refractivity contribution is 5.57. The molecule has 0 bridgehead atoms. The second kappa shape index (κ2) is 6.85. The molecule has 24 heavy (non-hydrogen) atoms. The van der Waals surface area contributed by atoms with Crippen LogP contribution in [-0.4, -0.2) is 33.7 Å². The van der Waals surface area contributed by atoms with Gasteiger partial charge in [-0.1, -0.05) is 6.92 Å². The van der Waals surface area contributed by atoms with Gasteiger partial charge in [0.05, 0.1) is 6.10 Å². The summed E-state index contributed by atoms with van der Waals surface area (Å²) in [6.45, 7) is 3.03. The van der Waals surface area contributed by atoms with E-state index in [0.717, 1.165) is 42.3 Å². The number of hydrogen-bond acceptors (Lipinski definition) is 5. The van der Waals surface area contributed by atoms with Crippen LogP contribution in [0, 0.1) is 5.92 Å². The first-order chi connectivity index (χ1) is 11.8. The molecular formula is C19H24N4O. The van der Waals surface area contributed by atoms with Crippen molar-refractivity contribution in [1.29, 1.82) is 0 Å². The smallest absolute Gasteiger partial charge is 0.161 e. The first-order valence-electron chi connectivity index (χ1n) is 9.00. The Balaban J connectivity index is 1.60. The third kappa shape index (κ3) is 3.13. The zero-order valence-electron chi connectivity index (χ0n) is 14.1. The number of nitrogens with one attached hydrogen (secondary N) is 1. The van der Waals surface area contributed by atoms with Crippen LogP contribution in [0.1, 0.15) is 38.3 Å². The van der Waals surface area contributed by atoms with Gasteiger partial charge in [-0.2, -0.15) is 0 Å². The predicted octanol–water partition coefficient (Wildman–Crippen LogP) is 3.47. The third-order valence-corrected chi connectivity index (χ3v) is 5.19. The first-order valence-corrected chi connectivity index (χ1v) is 9.00. The monoisotopic (exact) mass is 324 g/mol. The molecule has 0 aromatic carbocycles. The summed E-state index contributed by atoms with van der Waals surface area (Å²) in [5.41, 5.74) is 2.07. The summed E-state index contributed by atoms with van der Waals surface area (Å²) in [5.74, 6) is 2.32. The summed E-state index contributed by atoms with van der Waals surface area (Å²) < 4.78 is 5.88. The van der Waals surface area contributed by atoms with Gasteiger partial charge >= 0.3 is 0 Å². The molecule has 3 heterocycles. The lowest BCUT2D eigenvalue weighted by Gasteiger charge is -2.33. The van der Waals surface area contributed by atoms with Crippen LogP contribution >= 0.6 is 0 Å². The molecule has 5 heteroatoms. The van der Waals surface area contributed by atoms with Gasteiger partial charge in [0.15, 0.2) is 5.82 Å². The van der Waals surface area contributed by atoms with Gasteiger partial charge in [0.2, 0.25) is 0 Å². The summed E-state index contributed by atoms with van der Waals surface area (Å²) in [6.07, 6.45) is 9.68. The molecule has 0 radical (unpaired) electrons. The zero-order valence-corrected chi connectivity index (χ0v) is 14.1. The molecule has 126 valence electrons. The summed E-state index contributed by atoms with van der Waals surface area (Å²) in [6, 6.07) is 6.46. The molecule has 1 aliphatic heterocycles. The molecule has 2 aliphatic rings. The molecule has 1 aliphatic carbocycles. The van der Waals surface area contributed by atoms with Gasteiger partial charge in [0, 0.05) is 48.3 Å². The van der Waals surface area contributed by atoms with Gasteiger partial charge in [-0.15, -0.1) is 0 Å². The van der Waals surface area contributed by atoms with Crippen LogP contribution < -0.4 is 5.32 Å². The van der Waals surface area contributed by atoms with E-state index in [4.69, 9.17) is 9.72 Å². The number of anilines is 1. The molecular weight excluding hydrogens is 300 g/mol. The van der Waals surface area contributed by atoms with E-state index in [2.05, 4.69) is 28.3 Å². The first kappa shape index (κ1) is 15.5. The number of pyridine rings is 1. The maximum atomic E-state index is 5.88. The highest BCUT2D eigenvalue weighted by Crippen LogP contribution is 2.36. The Labute approximate surface area is 142 Å². The summed E-state index contributed by atoms with van der Waals surface area (Å²) in [7, 11) is 0. The van der Waals surface area contributed by atoms with Crippen molar-refractivity contribution in [3.63, 3.8) is 0 Å². The second-order valence-electron chi connectivity index (χ2n) is 6.70. The van der Waals surface area contributed by atoms with Crippen LogP contribution in [-0.2, 0) is 11.2 Å². The summed E-state index contributed by atoms with van der Waals surface area (Å²) in [4.78, 5) is 13.5. The van der Waals surface area contributed by atoms with Gasteiger partial charge in [0.25, 0.3) is 0 Å². The van der Waals surface area contributed by atoms with Crippen LogP contribution in [0.5, 0.6) is 0 Å². The van der Waals surface area contributed by atoms with Crippen molar-refractivity contribution in [1.82, 2.24) is 15.0 Å². The second-order valence-corrected chi connectivity index (χ2v) is 6.70. The van der Waals surface area contributed by atoms with Crippen LogP contribution in [0.3, 0.4) is 0 Å². The van der Waals surface area contributed by atoms with E-state index in [1.54, 1.807) is 12.4 Å². The molecule has 2 fully saturated rings. The van der Waals surface area contributed by atoms with Gasteiger partial charge < -0.3 is 10.1 Å². The van der Waals surface area contributed by atoms with E-state index < -0.39 is 0 Å². The van der Waals surface area contributed by atoms with Gasteiger partial charge in [-0.05, 0) is 44.2 Å². The standard InChI is InChI=1S/C19H24N4O/c1-2-14-12-18(23-19(21-14)13-6-9-20-10-7-13)22-16-4-3-5-17-15(16)8-11-24-17/h6-7,9-10,12,15-17H,2-5,8,11H2,1H3,(H,21,22,23). The normalized spacial score (nSPS) is 26.1. The van der Waals surface area contributed by atoms with Crippen molar-refractivity contribution in [2.75, 3.05) is 11.9 Å². The highest BCUT2D eigenvalue weighted by Gasteiger charge is 2.37. The van der Waals surface area contributed by atoms with Gasteiger partial charge in [-0.25, -0.2) is 9.97 Å². The van der Waals surface area contributed by atoms with Crippen LogP contribution in [0.4, 0.5) is 5.82 Å². The van der Waals surface area contributed by atoms with Crippen LogP contribution in [0.15, 0.2) is 30.6 Å². The minimum atomic E-state index is 0.434. The molecule has 1 N–H and O–H groups in total. The summed E-state index contributed by atoms with van der Waals surface area (Å²) >= 11 is 0. The molecule has 0 amide bonds. The molecule has 3 unspecified atom stereocenters. The molecule has 2 aromatic heterocycles. The Morgan fingerprint density at radius 1 is 1.17 bits per heavy atom. The van der Waals surface area contributed by atoms with Crippen molar-refractivity contribution in [2.24, 2.45) is 5.92 Å². The average Bonchev–Trinajstić information content (AvgIpc) is 3.12. The SMILES string of the molecule is CCc1cc(NC2CCCC3OCCC23)nc(-c2ccncc2)n1. The van der Waals surface area contributed by atoms with Gasteiger partial charge in [-0.3, -0.25) is 4.98 Å². The van der Waals surface area contributed by atoms with E-state index in [0.29, 0.717) is 18.1 Å². The van der Waals surface area contributed by atoms with E-state index in [1.165, 1.54) is 19.3 Å². The van der Waals surface area contributed by atoms with E-state index in [9.17, 15) is 0 Å². The third-order valence-electron chi connectivity index (χ3n) is 5.19. The number of aromatic nitrogens is 3. The van der Waals surface area contributed by atoms with Crippen molar-refractivity contribution >= 4 is 5.82 Å². The lowest BCUT2D eigenvalue weighted by atomic mass is 9.82. The van der Waals surface area contributed by atoms with E-state index in [-0.39, 0.29) is 0 Å². The predicted molar refractivity (Wildman–Crippen MR) is 93.7 cm³/mol. The van der Waals surface area contributed by atoms with Crippen molar-refractivity contribution in [3.8, 4) is 11.4 Å². The number of nitrogens with zero attached hydrogens (tertiary/aromatic N) is 3. The Morgan fingerprint density at radius 3 is 2.88 bits per heavy atom. The lowest BCUT2D eigenvalue weighted by molar-refractivity contribution is 0.0619. The number of rotatable bonds is 4. The molecule has 3 atom stereocenters. The summed E-state index contributed by atoms with van der Waals surface area (Å²) in [5, 5.41) is 3.69. The topological polar surface area (TPSA) is 59.9 Å². The average molecular weight is 324 g/mol. The van der Waals surface area contributed by atoms with Gasteiger partial charge in [0.1, 0.15) is 5.82 Å². The van der Waals surface area contributed by atoms with E-state index in [1.807, 2.05) is 12.1 Å². The fourth-order valence-corrected chi connectivity index (χ4v) is 3.93. The minimum Gasteiger partial charge on any atom is -0.378 e. The Kier molecular flexibility index (Phi) is 4.43. The molecule has 0 spiro atoms. The zero-order chi connectivity index (χ0) is 16.4. The maximum Gasteiger partial charge on any atom is 0.161 e. The van der Waals surface area contributed by atoms with Crippen LogP contribution in [0.2, 0.25) is 0 Å². The molecule has 5 nitrogen and oxygen atoms in total. The maximum absolute atomic E-state index is 5.88. The Bertz CT molecular complexity index is 691. The van der Waals surface area contributed by atoms with E-state index >= 15 is 0 Å². The Hall–Kier alpha value is -2.01. The van der Waals surface area contributed by atoms with Crippen molar-refractivity contribution in [2.45, 2.75) is 51.2 Å². The number of fused-ring (bicyclic) bond motifs is 1. The number of ether oxygens (including phenoxy) is 1. The number of hydrogen-bond donors (Lipinski definition) is 1. The quantitative estimate of drug-likeness (QED) is 0.933. The minimum absolute atomic E-state index is 0.434. The Morgan fingerprint density at radius 2 is 2.04 bits per heavy atom. The highest BCUT2D eigenvalue weighted by atomic mass is 16.5. The fourth-order valence-electron chi connectivity index (χ4n) is 3.93. The number of aryl methyl sites for hydroxylation is 1. The molecule has 4 rings (SSSR count). The lowest BCUT2D eigenvalue weighted by Crippen LogP contribution is -2.38. The van der Waals surface area contributed by atoms with Crippen molar-refractivity contribution < 1.29 is 4.74 Å². The largest absolute Gasteiger partial charge is 0.378 e. The molecule has 2 aromatic rings.